The fraction of sp³-hybridized carbons (Fsp3) is 0.667. The molecule has 2 unspecified atom stereocenters. The molecule has 0 aliphatic carbocycles. The van der Waals surface area contributed by atoms with Gasteiger partial charge in [0.15, 0.2) is 0 Å². The van der Waals surface area contributed by atoms with E-state index in [1.165, 1.54) is 6.20 Å². The molecule has 0 spiro atoms. The quantitative estimate of drug-likeness (QED) is 0.613. The fourth-order valence-electron chi connectivity index (χ4n) is 2.44. The Morgan fingerprint density at radius 3 is 2.91 bits per heavy atom. The van der Waals surface area contributed by atoms with Gasteiger partial charge in [0.2, 0.25) is 5.28 Å². The standard InChI is InChI=1S/C15H22ClN3O3S/c1-15(2,3)22-14(20)19-8-4-5-11(9-19)10-23(21)12-6-7-17-13(16)18-12/h6-7,11H,4-5,8-10H2,1-3H3. The highest BCUT2D eigenvalue weighted by molar-refractivity contribution is 7.84. The number of likely N-dealkylation sites (tertiary alicyclic amines) is 1. The Balaban J connectivity index is 1.93. The minimum Gasteiger partial charge on any atom is -0.444 e. The molecule has 2 heterocycles. The Labute approximate surface area is 144 Å². The summed E-state index contributed by atoms with van der Waals surface area (Å²) in [4.78, 5) is 21.6. The summed E-state index contributed by atoms with van der Waals surface area (Å²) in [6, 6.07) is 1.61. The van der Waals surface area contributed by atoms with Gasteiger partial charge in [0, 0.05) is 25.0 Å². The van der Waals surface area contributed by atoms with Gasteiger partial charge in [-0.15, -0.1) is 0 Å². The maximum absolute atomic E-state index is 12.4. The Morgan fingerprint density at radius 1 is 1.52 bits per heavy atom. The zero-order valence-corrected chi connectivity index (χ0v) is 15.2. The number of rotatable bonds is 3. The largest absolute Gasteiger partial charge is 0.444 e. The lowest BCUT2D eigenvalue weighted by molar-refractivity contribution is 0.0176. The van der Waals surface area contributed by atoms with Crippen LogP contribution in [0.2, 0.25) is 5.28 Å². The van der Waals surface area contributed by atoms with E-state index in [0.29, 0.717) is 23.9 Å². The van der Waals surface area contributed by atoms with Crippen LogP contribution in [-0.2, 0) is 15.5 Å². The van der Waals surface area contributed by atoms with E-state index in [9.17, 15) is 9.00 Å². The van der Waals surface area contributed by atoms with Crippen molar-refractivity contribution in [3.8, 4) is 0 Å². The summed E-state index contributed by atoms with van der Waals surface area (Å²) >= 11 is 5.73. The van der Waals surface area contributed by atoms with Gasteiger partial charge in [-0.05, 0) is 57.2 Å². The first-order chi connectivity index (χ1) is 10.7. The van der Waals surface area contributed by atoms with Gasteiger partial charge >= 0.3 is 6.09 Å². The van der Waals surface area contributed by atoms with Gasteiger partial charge in [0.05, 0.1) is 10.8 Å². The van der Waals surface area contributed by atoms with Crippen molar-refractivity contribution >= 4 is 28.5 Å². The third-order valence-electron chi connectivity index (χ3n) is 3.39. The maximum Gasteiger partial charge on any atom is 0.410 e. The summed E-state index contributed by atoms with van der Waals surface area (Å²) in [5.74, 6) is 0.609. The normalized spacial score (nSPS) is 20.2. The first-order valence-corrected chi connectivity index (χ1v) is 9.29. The molecule has 0 bridgehead atoms. The second kappa shape index (κ2) is 7.57. The molecule has 0 saturated carbocycles. The minimum atomic E-state index is -1.25. The van der Waals surface area contributed by atoms with E-state index in [1.54, 1.807) is 11.0 Å². The van der Waals surface area contributed by atoms with Crippen LogP contribution in [0.25, 0.3) is 0 Å². The summed E-state index contributed by atoms with van der Waals surface area (Å²) in [6.07, 6.45) is 3.00. The van der Waals surface area contributed by atoms with Gasteiger partial charge in [-0.3, -0.25) is 4.21 Å². The topological polar surface area (TPSA) is 72.4 Å². The van der Waals surface area contributed by atoms with Gasteiger partial charge in [-0.25, -0.2) is 14.8 Å². The lowest BCUT2D eigenvalue weighted by atomic mass is 10.0. The van der Waals surface area contributed by atoms with E-state index < -0.39 is 16.4 Å². The molecule has 1 aromatic rings. The monoisotopic (exact) mass is 359 g/mol. The summed E-state index contributed by atoms with van der Waals surface area (Å²) < 4.78 is 17.8. The van der Waals surface area contributed by atoms with Crippen molar-refractivity contribution in [1.29, 1.82) is 0 Å². The highest BCUT2D eigenvalue weighted by Gasteiger charge is 2.28. The summed E-state index contributed by atoms with van der Waals surface area (Å²) in [5, 5.41) is 0.522. The molecule has 1 aliphatic rings. The fourth-order valence-corrected chi connectivity index (χ4v) is 3.91. The van der Waals surface area contributed by atoms with Gasteiger partial charge in [-0.1, -0.05) is 0 Å². The first kappa shape index (κ1) is 18.1. The number of ether oxygens (including phenoxy) is 1. The Hall–Kier alpha value is -1.21. The van der Waals surface area contributed by atoms with E-state index in [2.05, 4.69) is 9.97 Å². The van der Waals surface area contributed by atoms with Crippen molar-refractivity contribution in [2.24, 2.45) is 5.92 Å². The SMILES string of the molecule is CC(C)(C)OC(=O)N1CCCC(CS(=O)c2ccnc(Cl)n2)C1. The van der Waals surface area contributed by atoms with E-state index in [0.717, 1.165) is 12.8 Å². The molecule has 1 saturated heterocycles. The lowest BCUT2D eigenvalue weighted by Gasteiger charge is -2.33. The average Bonchev–Trinajstić information content (AvgIpc) is 2.45. The molecule has 6 nitrogen and oxygen atoms in total. The van der Waals surface area contributed by atoms with Crippen molar-refractivity contribution in [1.82, 2.24) is 14.9 Å². The zero-order valence-electron chi connectivity index (χ0n) is 13.6. The molecule has 1 fully saturated rings. The molecule has 1 amide bonds. The average molecular weight is 360 g/mol. The molecule has 1 aliphatic heterocycles. The van der Waals surface area contributed by atoms with Crippen molar-refractivity contribution in [2.45, 2.75) is 44.2 Å². The number of halogens is 1. The van der Waals surface area contributed by atoms with Gasteiger partial charge in [-0.2, -0.15) is 0 Å². The second-order valence-corrected chi connectivity index (χ2v) is 8.39. The third kappa shape index (κ3) is 5.73. The molecule has 2 rings (SSSR count). The van der Waals surface area contributed by atoms with Crippen LogP contribution >= 0.6 is 11.6 Å². The lowest BCUT2D eigenvalue weighted by Crippen LogP contribution is -2.44. The number of carbonyl (C=O) groups is 1. The van der Waals surface area contributed by atoms with Crippen LogP contribution in [0.3, 0.4) is 0 Å². The van der Waals surface area contributed by atoms with Crippen LogP contribution in [0.5, 0.6) is 0 Å². The minimum absolute atomic E-state index is 0.0925. The predicted molar refractivity (Wildman–Crippen MR) is 88.8 cm³/mol. The van der Waals surface area contributed by atoms with Crippen molar-refractivity contribution < 1.29 is 13.7 Å². The van der Waals surface area contributed by atoms with Crippen LogP contribution in [0.15, 0.2) is 17.3 Å². The van der Waals surface area contributed by atoms with Crippen LogP contribution in [0.1, 0.15) is 33.6 Å². The van der Waals surface area contributed by atoms with Crippen LogP contribution in [-0.4, -0.2) is 49.6 Å². The Morgan fingerprint density at radius 2 is 2.26 bits per heavy atom. The highest BCUT2D eigenvalue weighted by Crippen LogP contribution is 2.21. The summed E-state index contributed by atoms with van der Waals surface area (Å²) in [6.45, 7) is 6.78. The number of hydrogen-bond donors (Lipinski definition) is 0. The molecular weight excluding hydrogens is 338 g/mol. The third-order valence-corrected chi connectivity index (χ3v) is 5.04. The highest BCUT2D eigenvalue weighted by atomic mass is 35.5. The second-order valence-electron chi connectivity index (χ2n) is 6.61. The predicted octanol–water partition coefficient (Wildman–Crippen LogP) is 2.88. The number of nitrogens with zero attached hydrogens (tertiary/aromatic N) is 3. The molecule has 2 atom stereocenters. The van der Waals surface area contributed by atoms with Crippen molar-refractivity contribution in [3.63, 3.8) is 0 Å². The molecule has 0 N–H and O–H groups in total. The van der Waals surface area contributed by atoms with E-state index in [4.69, 9.17) is 16.3 Å². The molecule has 0 aromatic carbocycles. The summed E-state index contributed by atoms with van der Waals surface area (Å²) in [5.41, 5.74) is -0.509. The van der Waals surface area contributed by atoms with Crippen molar-refractivity contribution in [2.75, 3.05) is 18.8 Å². The molecule has 23 heavy (non-hydrogen) atoms. The number of piperidine rings is 1. The molecule has 1 aromatic heterocycles. The number of carbonyl (C=O) groups excluding carboxylic acids is 1. The molecule has 0 radical (unpaired) electrons. The van der Waals surface area contributed by atoms with Crippen LogP contribution in [0.4, 0.5) is 4.79 Å². The van der Waals surface area contributed by atoms with E-state index in [1.807, 2.05) is 20.8 Å². The molecular formula is C15H22ClN3O3S. The van der Waals surface area contributed by atoms with Crippen LogP contribution < -0.4 is 0 Å². The van der Waals surface area contributed by atoms with Gasteiger partial charge < -0.3 is 9.64 Å². The number of aromatic nitrogens is 2. The van der Waals surface area contributed by atoms with E-state index >= 15 is 0 Å². The first-order valence-electron chi connectivity index (χ1n) is 7.59. The summed E-state index contributed by atoms with van der Waals surface area (Å²) in [7, 11) is -1.25. The maximum atomic E-state index is 12.4. The van der Waals surface area contributed by atoms with Crippen molar-refractivity contribution in [3.05, 3.63) is 17.5 Å². The molecule has 8 heteroatoms. The number of amides is 1. The van der Waals surface area contributed by atoms with Crippen LogP contribution in [0, 0.1) is 5.92 Å². The number of hydrogen-bond acceptors (Lipinski definition) is 5. The van der Waals surface area contributed by atoms with Gasteiger partial charge in [0.1, 0.15) is 10.6 Å². The van der Waals surface area contributed by atoms with Gasteiger partial charge in [0.25, 0.3) is 0 Å². The Bertz CT molecular complexity index is 592. The van der Waals surface area contributed by atoms with E-state index in [-0.39, 0.29) is 17.3 Å². The zero-order chi connectivity index (χ0) is 17.0. The Kier molecular flexibility index (Phi) is 5.97. The smallest absolute Gasteiger partial charge is 0.410 e. The molecule has 128 valence electrons.